The van der Waals surface area contributed by atoms with Gasteiger partial charge in [-0.05, 0) is 35.9 Å². The molecule has 0 saturated carbocycles. The van der Waals surface area contributed by atoms with Gasteiger partial charge in [0, 0.05) is 58.2 Å². The molecule has 0 aliphatic carbocycles. The van der Waals surface area contributed by atoms with Crippen LogP contribution in [0.2, 0.25) is 5.02 Å². The summed E-state index contributed by atoms with van der Waals surface area (Å²) in [5.74, 6) is 0.339. The van der Waals surface area contributed by atoms with E-state index in [0.717, 1.165) is 17.1 Å². The first kappa shape index (κ1) is 23.3. The highest BCUT2D eigenvalue weighted by atomic mass is 35.5. The lowest BCUT2D eigenvalue weighted by Crippen LogP contribution is -2.42. The van der Waals surface area contributed by atoms with Gasteiger partial charge in [-0.3, -0.25) is 4.21 Å². The van der Waals surface area contributed by atoms with Gasteiger partial charge in [0.25, 0.3) is 0 Å². The molecule has 33 heavy (non-hydrogen) atoms. The summed E-state index contributed by atoms with van der Waals surface area (Å²) >= 11 is 6.21. The quantitative estimate of drug-likeness (QED) is 0.481. The Labute approximate surface area is 196 Å². The number of anilines is 1. The van der Waals surface area contributed by atoms with E-state index in [2.05, 4.69) is 21.7 Å². The molecule has 1 aromatic heterocycles. The van der Waals surface area contributed by atoms with E-state index < -0.39 is 22.9 Å². The van der Waals surface area contributed by atoms with Crippen molar-refractivity contribution in [3.8, 4) is 11.5 Å². The Kier molecular flexibility index (Phi) is 6.76. The zero-order valence-corrected chi connectivity index (χ0v) is 19.0. The second-order valence-corrected chi connectivity index (χ2v) is 9.56. The lowest BCUT2D eigenvalue weighted by molar-refractivity contribution is -0.156. The van der Waals surface area contributed by atoms with E-state index in [9.17, 15) is 17.4 Å². The van der Waals surface area contributed by atoms with Gasteiger partial charge in [0.05, 0.1) is 0 Å². The van der Waals surface area contributed by atoms with Gasteiger partial charge in [0.2, 0.25) is 5.89 Å². The van der Waals surface area contributed by atoms with Gasteiger partial charge in [-0.2, -0.15) is 13.2 Å². The molecular formula is C22H20ClF3N4O2S. The van der Waals surface area contributed by atoms with E-state index >= 15 is 0 Å². The number of hydrogen-bond donors (Lipinski definition) is 0. The summed E-state index contributed by atoms with van der Waals surface area (Å²) in [5.41, 5.74) is 2.11. The van der Waals surface area contributed by atoms with Crippen molar-refractivity contribution in [1.29, 1.82) is 0 Å². The highest BCUT2D eigenvalue weighted by Crippen LogP contribution is 2.31. The predicted octanol–water partition coefficient (Wildman–Crippen LogP) is 4.95. The molecule has 3 aromatic rings. The van der Waals surface area contributed by atoms with E-state index in [1.807, 2.05) is 23.1 Å². The molecule has 1 fully saturated rings. The third-order valence-corrected chi connectivity index (χ3v) is 6.69. The van der Waals surface area contributed by atoms with Crippen molar-refractivity contribution in [3.63, 3.8) is 0 Å². The molecule has 1 saturated heterocycles. The lowest BCUT2D eigenvalue weighted by Gasteiger charge is -2.37. The molecule has 0 N–H and O–H groups in total. The second-order valence-electron chi connectivity index (χ2n) is 7.42. The van der Waals surface area contributed by atoms with Crippen LogP contribution in [-0.4, -0.2) is 43.9 Å². The van der Waals surface area contributed by atoms with Gasteiger partial charge < -0.3 is 14.2 Å². The van der Waals surface area contributed by atoms with Crippen LogP contribution in [0.3, 0.4) is 0 Å². The van der Waals surface area contributed by atoms with Crippen LogP contribution >= 0.6 is 11.6 Å². The number of nitrogens with zero attached hydrogens (tertiary/aromatic N) is 4. The molecule has 2 aromatic carbocycles. The maximum Gasteiger partial charge on any atom is 0.470 e. The highest BCUT2D eigenvalue weighted by molar-refractivity contribution is 7.85. The normalized spacial score (nSPS) is 15.0. The van der Waals surface area contributed by atoms with Gasteiger partial charge in [0.15, 0.2) is 0 Å². The van der Waals surface area contributed by atoms with Crippen LogP contribution in [0.1, 0.15) is 11.5 Å². The molecule has 6 nitrogen and oxygen atoms in total. The van der Waals surface area contributed by atoms with E-state index in [0.29, 0.717) is 41.7 Å². The van der Waals surface area contributed by atoms with Crippen molar-refractivity contribution < 1.29 is 21.8 Å². The van der Waals surface area contributed by atoms with Crippen LogP contribution in [-0.2, 0) is 23.5 Å². The minimum atomic E-state index is -4.69. The molecule has 0 amide bonds. The minimum absolute atomic E-state index is 0.203. The Morgan fingerprint density at radius 3 is 2.45 bits per heavy atom. The Morgan fingerprint density at radius 1 is 1.15 bits per heavy atom. The van der Waals surface area contributed by atoms with Gasteiger partial charge in [-0.15, -0.1) is 10.2 Å². The molecule has 2 heterocycles. The number of alkyl halides is 3. The number of aromatic nitrogens is 2. The van der Waals surface area contributed by atoms with Crippen LogP contribution < -0.4 is 4.90 Å². The van der Waals surface area contributed by atoms with Crippen molar-refractivity contribution in [3.05, 3.63) is 77.4 Å². The number of rotatable bonds is 6. The van der Waals surface area contributed by atoms with Gasteiger partial charge in [-0.1, -0.05) is 36.4 Å². The zero-order valence-electron chi connectivity index (χ0n) is 17.4. The molecule has 1 aliphatic heterocycles. The Balaban J connectivity index is 1.56. The fourth-order valence-electron chi connectivity index (χ4n) is 3.43. The molecule has 0 radical (unpaired) electrons. The molecule has 4 rings (SSSR count). The second kappa shape index (κ2) is 9.56. The molecule has 174 valence electrons. The minimum Gasteiger partial charge on any atom is -0.413 e. The number of hydrogen-bond acceptors (Lipinski definition) is 6. The average molecular weight is 497 g/mol. The van der Waals surface area contributed by atoms with E-state index in [1.165, 1.54) is 0 Å². The predicted molar refractivity (Wildman–Crippen MR) is 121 cm³/mol. The number of halogens is 4. The smallest absolute Gasteiger partial charge is 0.413 e. The molecule has 0 bridgehead atoms. The summed E-state index contributed by atoms with van der Waals surface area (Å²) < 4.78 is 54.7. The van der Waals surface area contributed by atoms with Crippen molar-refractivity contribution >= 4 is 28.1 Å². The van der Waals surface area contributed by atoms with Gasteiger partial charge in [0.1, 0.15) is 5.82 Å². The summed E-state index contributed by atoms with van der Waals surface area (Å²) in [4.78, 5) is 4.09. The third kappa shape index (κ3) is 5.56. The largest absolute Gasteiger partial charge is 0.470 e. The van der Waals surface area contributed by atoms with Crippen LogP contribution in [0.15, 0.2) is 65.3 Å². The fraction of sp³-hybridized carbons (Fsp3) is 0.273. The van der Waals surface area contributed by atoms with Crippen molar-refractivity contribution in [2.24, 2.45) is 0 Å². The van der Waals surface area contributed by atoms with Crippen molar-refractivity contribution in [2.45, 2.75) is 12.7 Å². The molecular weight excluding hydrogens is 477 g/mol. The van der Waals surface area contributed by atoms with Crippen LogP contribution in [0.5, 0.6) is 0 Å². The summed E-state index contributed by atoms with van der Waals surface area (Å²) in [7, 11) is -0.814. The SMILES string of the molecule is C=C(N1CCS(=O)CC1)N(Cc1ccc(-c2nnc(C(F)(F)F)o2)cc1)c1cccc(Cl)c1. The van der Waals surface area contributed by atoms with E-state index in [1.54, 1.807) is 30.3 Å². The maximum atomic E-state index is 12.7. The Hall–Kier alpha value is -2.85. The molecule has 0 atom stereocenters. The standard InChI is InChI=1S/C22H20ClF3N4O2S/c1-15(29-9-11-33(31)12-10-29)30(19-4-2-3-18(23)13-19)14-16-5-7-17(8-6-16)20-27-28-21(32-20)22(24,25)26/h2-8,13H,1,9-12,14H2. The highest BCUT2D eigenvalue weighted by Gasteiger charge is 2.38. The summed E-state index contributed by atoms with van der Waals surface area (Å²) in [6.45, 7) is 5.99. The van der Waals surface area contributed by atoms with Gasteiger partial charge in [-0.25, -0.2) is 0 Å². The van der Waals surface area contributed by atoms with Crippen molar-refractivity contribution in [1.82, 2.24) is 15.1 Å². The molecule has 1 aliphatic rings. The van der Waals surface area contributed by atoms with E-state index in [4.69, 9.17) is 16.0 Å². The first-order chi connectivity index (χ1) is 15.7. The van der Waals surface area contributed by atoms with Crippen molar-refractivity contribution in [2.75, 3.05) is 29.5 Å². The Bertz CT molecular complexity index is 1160. The first-order valence-electron chi connectivity index (χ1n) is 10.0. The van der Waals surface area contributed by atoms with Crippen LogP contribution in [0.25, 0.3) is 11.5 Å². The first-order valence-corrected chi connectivity index (χ1v) is 11.9. The third-order valence-electron chi connectivity index (χ3n) is 5.18. The average Bonchev–Trinajstić information content (AvgIpc) is 3.29. The topological polar surface area (TPSA) is 62.5 Å². The lowest BCUT2D eigenvalue weighted by atomic mass is 10.1. The molecule has 0 spiro atoms. The molecule has 11 heteroatoms. The summed E-state index contributed by atoms with van der Waals surface area (Å²) in [6.07, 6.45) is -4.69. The van der Waals surface area contributed by atoms with Gasteiger partial charge >= 0.3 is 12.1 Å². The summed E-state index contributed by atoms with van der Waals surface area (Å²) in [6, 6.07) is 14.2. The van der Waals surface area contributed by atoms with Crippen LogP contribution in [0, 0.1) is 0 Å². The van der Waals surface area contributed by atoms with E-state index in [-0.39, 0.29) is 5.89 Å². The summed E-state index contributed by atoms with van der Waals surface area (Å²) in [5, 5.41) is 7.13. The maximum absolute atomic E-state index is 12.7. The number of benzene rings is 2. The monoisotopic (exact) mass is 496 g/mol. The Morgan fingerprint density at radius 2 is 1.85 bits per heavy atom. The van der Waals surface area contributed by atoms with Crippen LogP contribution in [0.4, 0.5) is 18.9 Å². The molecule has 0 unspecified atom stereocenters. The zero-order chi connectivity index (χ0) is 23.6. The fourth-order valence-corrected chi connectivity index (χ4v) is 4.67.